The summed E-state index contributed by atoms with van der Waals surface area (Å²) < 4.78 is 0. The second kappa shape index (κ2) is 7.90. The summed E-state index contributed by atoms with van der Waals surface area (Å²) >= 11 is 5.80. The van der Waals surface area contributed by atoms with E-state index in [4.69, 9.17) is 16.7 Å². The predicted molar refractivity (Wildman–Crippen MR) is 78.9 cm³/mol. The van der Waals surface area contributed by atoms with Crippen molar-refractivity contribution in [2.75, 3.05) is 6.54 Å². The van der Waals surface area contributed by atoms with Crippen LogP contribution in [0.3, 0.4) is 0 Å². The van der Waals surface area contributed by atoms with E-state index in [0.717, 1.165) is 12.0 Å². The van der Waals surface area contributed by atoms with Crippen molar-refractivity contribution in [3.8, 4) is 0 Å². The van der Waals surface area contributed by atoms with Crippen LogP contribution in [-0.2, 0) is 16.0 Å². The molecule has 0 unspecified atom stereocenters. The summed E-state index contributed by atoms with van der Waals surface area (Å²) in [5.74, 6) is -1.10. The zero-order valence-corrected chi connectivity index (χ0v) is 12.6. The van der Waals surface area contributed by atoms with Gasteiger partial charge in [0.25, 0.3) is 0 Å². The summed E-state index contributed by atoms with van der Waals surface area (Å²) in [6.45, 7) is 3.40. The highest BCUT2D eigenvalue weighted by Gasteiger charge is 2.19. The molecule has 5 heteroatoms. The number of carboxylic acids is 1. The number of carbonyl (C=O) groups is 2. The van der Waals surface area contributed by atoms with E-state index in [2.05, 4.69) is 0 Å². The number of amides is 1. The number of halogens is 1. The fourth-order valence-electron chi connectivity index (χ4n) is 1.94. The van der Waals surface area contributed by atoms with Gasteiger partial charge in [-0.2, -0.15) is 0 Å². The van der Waals surface area contributed by atoms with Crippen LogP contribution in [-0.4, -0.2) is 34.5 Å². The molecule has 1 amide bonds. The Balaban J connectivity index is 2.44. The van der Waals surface area contributed by atoms with Gasteiger partial charge in [0.15, 0.2) is 0 Å². The van der Waals surface area contributed by atoms with Gasteiger partial charge in [-0.3, -0.25) is 9.59 Å². The van der Waals surface area contributed by atoms with Crippen LogP contribution >= 0.6 is 11.6 Å². The highest BCUT2D eigenvalue weighted by Crippen LogP contribution is 2.12. The maximum absolute atomic E-state index is 12.0. The number of carboxylic acid groups (broad SMARTS) is 1. The van der Waals surface area contributed by atoms with E-state index >= 15 is 0 Å². The maximum Gasteiger partial charge on any atom is 0.323 e. The van der Waals surface area contributed by atoms with Crippen molar-refractivity contribution < 1.29 is 14.7 Å². The summed E-state index contributed by atoms with van der Waals surface area (Å²) in [4.78, 5) is 24.1. The Hall–Kier alpha value is -1.55. The second-order valence-electron chi connectivity index (χ2n) is 4.99. The van der Waals surface area contributed by atoms with Crippen molar-refractivity contribution in [2.45, 2.75) is 39.2 Å². The van der Waals surface area contributed by atoms with Gasteiger partial charge in [-0.1, -0.05) is 23.7 Å². The summed E-state index contributed by atoms with van der Waals surface area (Å²) in [7, 11) is 0. The van der Waals surface area contributed by atoms with Crippen LogP contribution < -0.4 is 0 Å². The first-order valence-corrected chi connectivity index (χ1v) is 7.03. The molecule has 4 nitrogen and oxygen atoms in total. The normalized spacial score (nSPS) is 10.6. The molecule has 110 valence electrons. The van der Waals surface area contributed by atoms with Gasteiger partial charge in [0.05, 0.1) is 0 Å². The number of hydrogen-bond acceptors (Lipinski definition) is 2. The van der Waals surface area contributed by atoms with Crippen LogP contribution in [0.5, 0.6) is 0 Å². The lowest BCUT2D eigenvalue weighted by atomic mass is 10.1. The number of rotatable bonds is 7. The Labute approximate surface area is 124 Å². The number of hydrogen-bond donors (Lipinski definition) is 1. The molecule has 0 fully saturated rings. The fraction of sp³-hybridized carbons (Fsp3) is 0.467. The topological polar surface area (TPSA) is 57.6 Å². The molecule has 20 heavy (non-hydrogen) atoms. The lowest BCUT2D eigenvalue weighted by Crippen LogP contribution is -2.40. The minimum Gasteiger partial charge on any atom is -0.480 e. The average Bonchev–Trinajstić information content (AvgIpc) is 2.37. The fourth-order valence-corrected chi connectivity index (χ4v) is 2.07. The van der Waals surface area contributed by atoms with E-state index < -0.39 is 5.97 Å². The highest BCUT2D eigenvalue weighted by atomic mass is 35.5. The van der Waals surface area contributed by atoms with Crippen molar-refractivity contribution in [3.63, 3.8) is 0 Å². The third kappa shape index (κ3) is 5.61. The van der Waals surface area contributed by atoms with Crippen LogP contribution in [0.4, 0.5) is 0 Å². The molecule has 0 heterocycles. The number of aliphatic carboxylic acids is 1. The molecule has 0 bridgehead atoms. The van der Waals surface area contributed by atoms with Gasteiger partial charge in [0.2, 0.25) is 5.91 Å². The molecule has 1 N–H and O–H groups in total. The van der Waals surface area contributed by atoms with E-state index in [9.17, 15) is 9.59 Å². The van der Waals surface area contributed by atoms with Gasteiger partial charge < -0.3 is 10.0 Å². The molecule has 0 saturated carbocycles. The zero-order chi connectivity index (χ0) is 15.1. The molecule has 0 radical (unpaired) electrons. The molecule has 1 rings (SSSR count). The van der Waals surface area contributed by atoms with Gasteiger partial charge >= 0.3 is 5.97 Å². The summed E-state index contributed by atoms with van der Waals surface area (Å²) in [6, 6.07) is 7.41. The van der Waals surface area contributed by atoms with Gasteiger partial charge in [-0.25, -0.2) is 0 Å². The molecule has 1 aromatic rings. The Morgan fingerprint density at radius 3 is 2.35 bits per heavy atom. The van der Waals surface area contributed by atoms with Crippen LogP contribution in [0, 0.1) is 0 Å². The molecule has 1 aromatic carbocycles. The van der Waals surface area contributed by atoms with Crippen molar-refractivity contribution in [3.05, 3.63) is 34.9 Å². The van der Waals surface area contributed by atoms with E-state index in [-0.39, 0.29) is 18.5 Å². The van der Waals surface area contributed by atoms with Crippen molar-refractivity contribution >= 4 is 23.5 Å². The van der Waals surface area contributed by atoms with Gasteiger partial charge in [-0.15, -0.1) is 0 Å². The molecule has 0 spiro atoms. The quantitative estimate of drug-likeness (QED) is 0.842. The largest absolute Gasteiger partial charge is 0.480 e. The first-order chi connectivity index (χ1) is 9.40. The molecule has 0 saturated heterocycles. The summed E-state index contributed by atoms with van der Waals surface area (Å²) in [6.07, 6.45) is 1.83. The molecule has 0 aliphatic heterocycles. The van der Waals surface area contributed by atoms with Crippen LogP contribution in [0.1, 0.15) is 32.3 Å². The van der Waals surface area contributed by atoms with Gasteiger partial charge in [0.1, 0.15) is 6.54 Å². The number of carbonyl (C=O) groups excluding carboxylic acids is 1. The number of nitrogens with zero attached hydrogens (tertiary/aromatic N) is 1. The van der Waals surface area contributed by atoms with E-state index in [1.807, 2.05) is 38.1 Å². The highest BCUT2D eigenvalue weighted by molar-refractivity contribution is 6.30. The van der Waals surface area contributed by atoms with Crippen molar-refractivity contribution in [1.82, 2.24) is 4.90 Å². The van der Waals surface area contributed by atoms with E-state index in [1.165, 1.54) is 4.90 Å². The first kappa shape index (κ1) is 16.5. The molecule has 0 aromatic heterocycles. The second-order valence-corrected chi connectivity index (χ2v) is 5.43. The smallest absolute Gasteiger partial charge is 0.323 e. The SMILES string of the molecule is CC(C)N(CC(=O)O)C(=O)CCCc1ccc(Cl)cc1. The Morgan fingerprint density at radius 1 is 1.25 bits per heavy atom. The standard InChI is InChI=1S/C15H20ClNO3/c1-11(2)17(10-15(19)20)14(18)5-3-4-12-6-8-13(16)9-7-12/h6-9,11H,3-5,10H2,1-2H3,(H,19,20). The first-order valence-electron chi connectivity index (χ1n) is 6.66. The molecule has 0 aliphatic carbocycles. The lowest BCUT2D eigenvalue weighted by molar-refractivity contribution is -0.145. The zero-order valence-electron chi connectivity index (χ0n) is 11.8. The minimum absolute atomic E-state index is 0.103. The lowest BCUT2D eigenvalue weighted by Gasteiger charge is -2.24. The van der Waals surface area contributed by atoms with Crippen LogP contribution in [0.2, 0.25) is 5.02 Å². The number of benzene rings is 1. The molecular formula is C15H20ClNO3. The van der Waals surface area contributed by atoms with Crippen LogP contribution in [0.15, 0.2) is 24.3 Å². The Bertz CT molecular complexity index is 457. The maximum atomic E-state index is 12.0. The average molecular weight is 298 g/mol. The Kier molecular flexibility index (Phi) is 6.52. The van der Waals surface area contributed by atoms with Gasteiger partial charge in [0, 0.05) is 17.5 Å². The molecule has 0 atom stereocenters. The third-order valence-electron chi connectivity index (χ3n) is 3.02. The van der Waals surface area contributed by atoms with E-state index in [1.54, 1.807) is 0 Å². The molecule has 0 aliphatic rings. The monoisotopic (exact) mass is 297 g/mol. The van der Waals surface area contributed by atoms with Crippen LogP contribution in [0.25, 0.3) is 0 Å². The number of aryl methyl sites for hydroxylation is 1. The predicted octanol–water partition coefficient (Wildman–Crippen LogP) is 2.98. The minimum atomic E-state index is -0.982. The third-order valence-corrected chi connectivity index (χ3v) is 3.27. The van der Waals surface area contributed by atoms with E-state index in [0.29, 0.717) is 17.9 Å². The van der Waals surface area contributed by atoms with Crippen molar-refractivity contribution in [2.24, 2.45) is 0 Å². The van der Waals surface area contributed by atoms with Gasteiger partial charge in [-0.05, 0) is 44.4 Å². The Morgan fingerprint density at radius 2 is 1.85 bits per heavy atom. The van der Waals surface area contributed by atoms with Crippen molar-refractivity contribution in [1.29, 1.82) is 0 Å². The molecular weight excluding hydrogens is 278 g/mol. The summed E-state index contributed by atoms with van der Waals surface area (Å²) in [5, 5.41) is 9.50. The summed E-state index contributed by atoms with van der Waals surface area (Å²) in [5.41, 5.74) is 1.12.